The van der Waals surface area contributed by atoms with Gasteiger partial charge >= 0.3 is 0 Å². The number of fused-ring (bicyclic) bond motifs is 1. The van der Waals surface area contributed by atoms with Gasteiger partial charge in [-0.2, -0.15) is 4.98 Å². The number of hydrogen-bond donors (Lipinski definition) is 1. The third-order valence-electron chi connectivity index (χ3n) is 4.27. The highest BCUT2D eigenvalue weighted by Crippen LogP contribution is 2.27. The minimum Gasteiger partial charge on any atom is -0.476 e. The van der Waals surface area contributed by atoms with Crippen molar-refractivity contribution in [3.63, 3.8) is 0 Å². The maximum atomic E-state index is 13.2. The number of nitrogens with two attached hydrogens (primary N) is 1. The summed E-state index contributed by atoms with van der Waals surface area (Å²) in [4.78, 5) is 17.8. The summed E-state index contributed by atoms with van der Waals surface area (Å²) in [5.74, 6) is 0.503. The minimum absolute atomic E-state index is 0.295. The molecule has 0 spiro atoms. The fraction of sp³-hybridized carbons (Fsp3) is 0.143. The highest BCUT2D eigenvalue weighted by molar-refractivity contribution is 5.82. The predicted molar refractivity (Wildman–Crippen MR) is 104 cm³/mol. The Morgan fingerprint density at radius 3 is 2.57 bits per heavy atom. The van der Waals surface area contributed by atoms with E-state index in [1.54, 1.807) is 24.5 Å². The topological polar surface area (TPSA) is 86.8 Å². The molecule has 1 atom stereocenters. The van der Waals surface area contributed by atoms with Gasteiger partial charge in [-0.3, -0.25) is 4.98 Å². The van der Waals surface area contributed by atoms with Gasteiger partial charge in [-0.1, -0.05) is 6.07 Å². The van der Waals surface area contributed by atoms with Crippen LogP contribution < -0.4 is 10.5 Å². The number of hydrogen-bond acceptors (Lipinski definition) is 6. The molecular formula is C21H18FN5O. The Morgan fingerprint density at radius 2 is 1.86 bits per heavy atom. The summed E-state index contributed by atoms with van der Waals surface area (Å²) < 4.78 is 18.9. The van der Waals surface area contributed by atoms with E-state index in [0.717, 1.165) is 11.1 Å². The molecule has 0 aliphatic carbocycles. The summed E-state index contributed by atoms with van der Waals surface area (Å²) >= 11 is 0. The van der Waals surface area contributed by atoms with E-state index in [4.69, 9.17) is 10.5 Å². The molecule has 7 heteroatoms. The molecular weight excluding hydrogens is 357 g/mol. The van der Waals surface area contributed by atoms with E-state index in [1.165, 1.54) is 12.1 Å². The Morgan fingerprint density at radius 1 is 1.04 bits per heavy atom. The summed E-state index contributed by atoms with van der Waals surface area (Å²) in [5.41, 5.74) is 9.77. The molecule has 3 aromatic heterocycles. The van der Waals surface area contributed by atoms with E-state index in [0.29, 0.717) is 35.0 Å². The van der Waals surface area contributed by atoms with Crippen molar-refractivity contribution in [3.05, 3.63) is 78.1 Å². The Hall–Kier alpha value is -3.45. The number of halogens is 1. The summed E-state index contributed by atoms with van der Waals surface area (Å²) in [6.45, 7) is 2.30. The molecule has 0 saturated carbocycles. The quantitative estimate of drug-likeness (QED) is 0.573. The molecule has 0 fully saturated rings. The molecule has 4 aromatic rings. The first kappa shape index (κ1) is 17.9. The van der Waals surface area contributed by atoms with Crippen molar-refractivity contribution in [2.24, 2.45) is 5.73 Å². The van der Waals surface area contributed by atoms with Gasteiger partial charge in [0.1, 0.15) is 5.82 Å². The van der Waals surface area contributed by atoms with Crippen LogP contribution in [0.2, 0.25) is 0 Å². The summed E-state index contributed by atoms with van der Waals surface area (Å²) in [5, 5.41) is 0. The molecule has 28 heavy (non-hydrogen) atoms. The van der Waals surface area contributed by atoms with Gasteiger partial charge in [0.05, 0.1) is 23.9 Å². The van der Waals surface area contributed by atoms with E-state index >= 15 is 0 Å². The zero-order chi connectivity index (χ0) is 19.5. The van der Waals surface area contributed by atoms with Crippen molar-refractivity contribution in [3.8, 4) is 17.1 Å². The van der Waals surface area contributed by atoms with Gasteiger partial charge in [-0.15, -0.1) is 0 Å². The first-order valence-electron chi connectivity index (χ1n) is 8.88. The molecule has 2 N–H and O–H groups in total. The summed E-state index contributed by atoms with van der Waals surface area (Å²) in [7, 11) is 0. The third-order valence-corrected chi connectivity index (χ3v) is 4.27. The molecule has 0 aliphatic rings. The Labute approximate surface area is 161 Å². The van der Waals surface area contributed by atoms with Crippen molar-refractivity contribution < 1.29 is 9.13 Å². The van der Waals surface area contributed by atoms with E-state index in [9.17, 15) is 4.39 Å². The van der Waals surface area contributed by atoms with Crippen LogP contribution >= 0.6 is 0 Å². The van der Waals surface area contributed by atoms with Crippen LogP contribution in [-0.2, 0) is 0 Å². The Balaban J connectivity index is 1.81. The van der Waals surface area contributed by atoms with E-state index in [2.05, 4.69) is 19.9 Å². The van der Waals surface area contributed by atoms with Gasteiger partial charge in [-0.05, 0) is 55.0 Å². The number of benzene rings is 1. The van der Waals surface area contributed by atoms with Crippen LogP contribution in [0.15, 0.2) is 60.9 Å². The van der Waals surface area contributed by atoms with Crippen molar-refractivity contribution in [2.45, 2.75) is 13.0 Å². The smallest absolute Gasteiger partial charge is 0.244 e. The predicted octanol–water partition coefficient (Wildman–Crippen LogP) is 3.67. The molecule has 3 heterocycles. The van der Waals surface area contributed by atoms with Crippen LogP contribution in [0.1, 0.15) is 24.4 Å². The highest BCUT2D eigenvalue weighted by atomic mass is 19.1. The lowest BCUT2D eigenvalue weighted by atomic mass is 10.1. The van der Waals surface area contributed by atoms with Crippen molar-refractivity contribution in [1.29, 1.82) is 0 Å². The lowest BCUT2D eigenvalue weighted by Gasteiger charge is -2.14. The van der Waals surface area contributed by atoms with E-state index in [1.807, 2.05) is 31.2 Å². The fourth-order valence-corrected chi connectivity index (χ4v) is 2.87. The van der Waals surface area contributed by atoms with Gasteiger partial charge in [-0.25, -0.2) is 14.4 Å². The van der Waals surface area contributed by atoms with Crippen LogP contribution in [0.4, 0.5) is 4.39 Å². The maximum Gasteiger partial charge on any atom is 0.244 e. The van der Waals surface area contributed by atoms with Crippen molar-refractivity contribution in [1.82, 2.24) is 19.9 Å². The number of ether oxygens (including phenoxy) is 1. The monoisotopic (exact) mass is 375 g/mol. The molecule has 0 bridgehead atoms. The standard InChI is InChI=1S/C21H18FN5O/c1-2-28-21-19-17(10-9-16(25-19)13-5-7-15(22)8-6-13)26-20(27-21)18(23)14-4-3-11-24-12-14/h3-12,18H,2,23H2,1H3. The van der Waals surface area contributed by atoms with Gasteiger partial charge in [0.25, 0.3) is 0 Å². The zero-order valence-corrected chi connectivity index (χ0v) is 15.2. The highest BCUT2D eigenvalue weighted by Gasteiger charge is 2.18. The molecule has 6 nitrogen and oxygen atoms in total. The average molecular weight is 375 g/mol. The summed E-state index contributed by atoms with van der Waals surface area (Å²) in [6, 6.07) is 13.0. The van der Waals surface area contributed by atoms with Crippen LogP contribution in [-0.4, -0.2) is 26.5 Å². The maximum absolute atomic E-state index is 13.2. The normalized spacial score (nSPS) is 12.1. The molecule has 0 aliphatic heterocycles. The van der Waals surface area contributed by atoms with Crippen LogP contribution in [0.25, 0.3) is 22.3 Å². The lowest BCUT2D eigenvalue weighted by molar-refractivity contribution is 0.328. The molecule has 140 valence electrons. The zero-order valence-electron chi connectivity index (χ0n) is 15.2. The van der Waals surface area contributed by atoms with Crippen LogP contribution in [0.5, 0.6) is 5.88 Å². The molecule has 4 rings (SSSR count). The molecule has 0 amide bonds. The second kappa shape index (κ2) is 7.66. The average Bonchev–Trinajstić information content (AvgIpc) is 2.74. The van der Waals surface area contributed by atoms with Gasteiger partial charge < -0.3 is 10.5 Å². The number of pyridine rings is 2. The van der Waals surface area contributed by atoms with E-state index < -0.39 is 6.04 Å². The molecule has 1 unspecified atom stereocenters. The molecule has 0 radical (unpaired) electrons. The lowest BCUT2D eigenvalue weighted by Crippen LogP contribution is -2.16. The first-order valence-corrected chi connectivity index (χ1v) is 8.88. The number of rotatable bonds is 5. The number of nitrogens with zero attached hydrogens (tertiary/aromatic N) is 4. The Kier molecular flexibility index (Phi) is 4.90. The number of aromatic nitrogens is 4. The SMILES string of the molecule is CCOc1nc(C(N)c2cccnc2)nc2ccc(-c3ccc(F)cc3)nc12. The van der Waals surface area contributed by atoms with Gasteiger partial charge in [0.2, 0.25) is 5.88 Å². The van der Waals surface area contributed by atoms with Crippen LogP contribution in [0.3, 0.4) is 0 Å². The van der Waals surface area contributed by atoms with Gasteiger partial charge in [0, 0.05) is 18.0 Å². The third kappa shape index (κ3) is 3.52. The summed E-state index contributed by atoms with van der Waals surface area (Å²) in [6.07, 6.45) is 3.37. The van der Waals surface area contributed by atoms with Crippen LogP contribution in [0, 0.1) is 5.82 Å². The first-order chi connectivity index (χ1) is 13.7. The van der Waals surface area contributed by atoms with Crippen molar-refractivity contribution in [2.75, 3.05) is 6.61 Å². The second-order valence-corrected chi connectivity index (χ2v) is 6.16. The van der Waals surface area contributed by atoms with Crippen molar-refractivity contribution >= 4 is 11.0 Å². The second-order valence-electron chi connectivity index (χ2n) is 6.16. The van der Waals surface area contributed by atoms with E-state index in [-0.39, 0.29) is 5.82 Å². The molecule has 0 saturated heterocycles. The molecule has 1 aromatic carbocycles. The largest absolute Gasteiger partial charge is 0.476 e. The fourth-order valence-electron chi connectivity index (χ4n) is 2.87. The minimum atomic E-state index is -0.533. The Bertz CT molecular complexity index is 1100. The van der Waals surface area contributed by atoms with Gasteiger partial charge in [0.15, 0.2) is 11.3 Å².